The van der Waals surface area contributed by atoms with Crippen molar-refractivity contribution in [3.05, 3.63) is 29.8 Å². The second-order valence-electron chi connectivity index (χ2n) is 3.86. The van der Waals surface area contributed by atoms with E-state index in [0.29, 0.717) is 18.1 Å². The first kappa shape index (κ1) is 13.0. The number of rotatable bonds is 6. The maximum Gasteiger partial charge on any atom is 0.556 e. The average molecular weight is 274 g/mol. The van der Waals surface area contributed by atoms with Crippen LogP contribution in [0.4, 0.5) is 0 Å². The number of phosphoric acid groups is 1. The third-order valence-corrected chi connectivity index (χ3v) is 4.83. The minimum absolute atomic E-state index is 0.507. The van der Waals surface area contributed by atoms with Gasteiger partial charge in [-0.3, -0.25) is 0 Å². The minimum Gasteiger partial charge on any atom is -0.403 e. The molecule has 0 N–H and O–H groups in total. The minimum atomic E-state index is -3.29. The van der Waals surface area contributed by atoms with Crippen LogP contribution >= 0.6 is 20.1 Å². The summed E-state index contributed by atoms with van der Waals surface area (Å²) in [6.07, 6.45) is 4.72. The number of hydrogen-bond acceptors (Lipinski definition) is 5. The van der Waals surface area contributed by atoms with E-state index in [1.165, 1.54) is 24.8 Å². The fourth-order valence-electron chi connectivity index (χ4n) is 1.54. The van der Waals surface area contributed by atoms with Gasteiger partial charge in [0.2, 0.25) is 0 Å². The van der Waals surface area contributed by atoms with Gasteiger partial charge in [0.1, 0.15) is 5.75 Å². The van der Waals surface area contributed by atoms with E-state index in [-0.39, 0.29) is 0 Å². The average Bonchev–Trinajstić information content (AvgIpc) is 2.30. The summed E-state index contributed by atoms with van der Waals surface area (Å²) < 4.78 is 25.9. The fourth-order valence-corrected chi connectivity index (χ4v) is 2.80. The van der Waals surface area contributed by atoms with Gasteiger partial charge in [0.15, 0.2) is 12.3 Å². The quantitative estimate of drug-likeness (QED) is 0.433. The molecule has 0 aliphatic carbocycles. The van der Waals surface area contributed by atoms with Crippen molar-refractivity contribution in [1.29, 1.82) is 0 Å². The zero-order chi connectivity index (χ0) is 12.1. The van der Waals surface area contributed by atoms with E-state index >= 15 is 0 Å². The molecule has 1 aromatic carbocycles. The van der Waals surface area contributed by atoms with Crippen LogP contribution in [0.1, 0.15) is 31.7 Å². The third kappa shape index (κ3) is 3.75. The summed E-state index contributed by atoms with van der Waals surface area (Å²) in [6, 6.07) is 7.53. The smallest absolute Gasteiger partial charge is 0.403 e. The first-order valence-corrected chi connectivity index (χ1v) is 7.78. The van der Waals surface area contributed by atoms with Crippen molar-refractivity contribution in [1.82, 2.24) is 0 Å². The zero-order valence-corrected chi connectivity index (χ0v) is 11.3. The summed E-state index contributed by atoms with van der Waals surface area (Å²) in [4.78, 5) is 0. The van der Waals surface area contributed by atoms with E-state index in [2.05, 4.69) is 14.9 Å². The Balaban J connectivity index is 1.86. The lowest BCUT2D eigenvalue weighted by Crippen LogP contribution is -2.02. The van der Waals surface area contributed by atoms with Crippen LogP contribution in [0.15, 0.2) is 24.3 Å². The van der Waals surface area contributed by atoms with Crippen LogP contribution in [0.2, 0.25) is 0 Å². The molecule has 0 atom stereocenters. The SMILES string of the molecule is CCCCCc1ccc(OP2(=O)OSO2)cc1. The van der Waals surface area contributed by atoms with E-state index in [1.54, 1.807) is 12.1 Å². The fraction of sp³-hybridized carbons (Fsp3) is 0.455. The Morgan fingerprint density at radius 2 is 1.94 bits per heavy atom. The Bertz CT molecular complexity index is 398. The second kappa shape index (κ2) is 5.91. The van der Waals surface area contributed by atoms with E-state index in [0.717, 1.165) is 6.42 Å². The van der Waals surface area contributed by atoms with Crippen LogP contribution in [-0.2, 0) is 18.9 Å². The molecular weight excluding hydrogens is 259 g/mol. The lowest BCUT2D eigenvalue weighted by atomic mass is 10.1. The van der Waals surface area contributed by atoms with Crippen molar-refractivity contribution in [3.63, 3.8) is 0 Å². The summed E-state index contributed by atoms with van der Waals surface area (Å²) in [7, 11) is -3.29. The normalized spacial score (nSPS) is 17.5. The second-order valence-corrected chi connectivity index (χ2v) is 6.26. The highest BCUT2D eigenvalue weighted by Crippen LogP contribution is 2.64. The lowest BCUT2D eigenvalue weighted by molar-refractivity contribution is 0.277. The maximum atomic E-state index is 11.4. The van der Waals surface area contributed by atoms with Crippen molar-refractivity contribution in [2.24, 2.45) is 0 Å². The van der Waals surface area contributed by atoms with Crippen molar-refractivity contribution in [2.75, 3.05) is 0 Å². The molecule has 1 saturated heterocycles. The Kier molecular flexibility index (Phi) is 4.51. The van der Waals surface area contributed by atoms with Gasteiger partial charge < -0.3 is 4.52 Å². The van der Waals surface area contributed by atoms with Gasteiger partial charge in [0.05, 0.1) is 0 Å². The standard InChI is InChI=1S/C11H15O4PS/c1-2-3-4-5-10-6-8-11(9-7-10)13-16(12)14-17-15-16/h6-9H,2-5H2,1H3. The van der Waals surface area contributed by atoms with Crippen LogP contribution in [0, 0.1) is 0 Å². The largest absolute Gasteiger partial charge is 0.556 e. The Morgan fingerprint density at radius 1 is 1.24 bits per heavy atom. The monoisotopic (exact) mass is 274 g/mol. The highest BCUT2D eigenvalue weighted by Gasteiger charge is 2.40. The van der Waals surface area contributed by atoms with Gasteiger partial charge >= 0.3 is 7.82 Å². The maximum absolute atomic E-state index is 11.4. The summed E-state index contributed by atoms with van der Waals surface area (Å²) in [5.74, 6) is 0.507. The molecule has 6 heteroatoms. The number of unbranched alkanes of at least 4 members (excludes halogenated alkanes) is 2. The van der Waals surface area contributed by atoms with Gasteiger partial charge in [0, 0.05) is 0 Å². The molecule has 0 amide bonds. The van der Waals surface area contributed by atoms with E-state index in [4.69, 9.17) is 4.52 Å². The van der Waals surface area contributed by atoms with Crippen LogP contribution in [0.3, 0.4) is 0 Å². The molecule has 2 rings (SSSR count). The van der Waals surface area contributed by atoms with Crippen molar-refractivity contribution in [3.8, 4) is 5.75 Å². The van der Waals surface area contributed by atoms with Gasteiger partial charge in [-0.15, -0.1) is 0 Å². The molecule has 1 aromatic rings. The van der Waals surface area contributed by atoms with Crippen LogP contribution in [-0.4, -0.2) is 0 Å². The van der Waals surface area contributed by atoms with Gasteiger partial charge in [-0.1, -0.05) is 31.9 Å². The van der Waals surface area contributed by atoms with Crippen molar-refractivity contribution in [2.45, 2.75) is 32.6 Å². The number of hydrogen-bond donors (Lipinski definition) is 0. The topological polar surface area (TPSA) is 44.8 Å². The molecule has 94 valence electrons. The molecule has 0 saturated carbocycles. The third-order valence-electron chi connectivity index (χ3n) is 2.45. The molecule has 1 fully saturated rings. The Hall–Kier alpha value is -0.480. The van der Waals surface area contributed by atoms with Gasteiger partial charge in [-0.25, -0.2) is 4.57 Å². The zero-order valence-electron chi connectivity index (χ0n) is 9.63. The molecule has 0 spiro atoms. The highest BCUT2D eigenvalue weighted by atomic mass is 32.2. The first-order valence-electron chi connectivity index (χ1n) is 5.65. The van der Waals surface area contributed by atoms with E-state index < -0.39 is 7.82 Å². The Labute approximate surface area is 106 Å². The molecule has 1 aliphatic heterocycles. The predicted molar refractivity (Wildman–Crippen MR) is 67.7 cm³/mol. The van der Waals surface area contributed by atoms with Crippen molar-refractivity contribution >= 4 is 20.1 Å². The molecular formula is C11H15O4PS. The molecule has 0 aromatic heterocycles. The number of benzene rings is 1. The predicted octanol–water partition coefficient (Wildman–Crippen LogP) is 4.52. The molecule has 0 unspecified atom stereocenters. The first-order chi connectivity index (χ1) is 8.22. The summed E-state index contributed by atoms with van der Waals surface area (Å²) in [5.41, 5.74) is 1.26. The number of aryl methyl sites for hydroxylation is 1. The molecule has 0 bridgehead atoms. The summed E-state index contributed by atoms with van der Waals surface area (Å²) in [6.45, 7) is 2.19. The lowest BCUT2D eigenvalue weighted by Gasteiger charge is -2.21. The van der Waals surface area contributed by atoms with Crippen LogP contribution < -0.4 is 4.52 Å². The molecule has 4 nitrogen and oxygen atoms in total. The molecule has 1 aliphatic rings. The van der Waals surface area contributed by atoms with Gasteiger partial charge in [0.25, 0.3) is 0 Å². The molecule has 17 heavy (non-hydrogen) atoms. The Morgan fingerprint density at radius 3 is 2.47 bits per heavy atom. The summed E-state index contributed by atoms with van der Waals surface area (Å²) >= 11 is 0.692. The molecule has 1 heterocycles. The van der Waals surface area contributed by atoms with Gasteiger partial charge in [-0.2, -0.15) is 7.94 Å². The highest BCUT2D eigenvalue weighted by molar-refractivity contribution is 8.02. The van der Waals surface area contributed by atoms with Crippen molar-refractivity contribution < 1.29 is 17.0 Å². The van der Waals surface area contributed by atoms with E-state index in [1.807, 2.05) is 12.1 Å². The summed E-state index contributed by atoms with van der Waals surface area (Å²) in [5, 5.41) is 0. The van der Waals surface area contributed by atoms with Crippen LogP contribution in [0.25, 0.3) is 0 Å². The van der Waals surface area contributed by atoms with E-state index in [9.17, 15) is 4.57 Å². The van der Waals surface area contributed by atoms with Gasteiger partial charge in [-0.05, 0) is 30.5 Å². The van der Waals surface area contributed by atoms with Crippen LogP contribution in [0.5, 0.6) is 5.75 Å². The molecule has 0 radical (unpaired) electrons.